The van der Waals surface area contributed by atoms with Crippen LogP contribution >= 0.6 is 34.0 Å². The van der Waals surface area contributed by atoms with Gasteiger partial charge in [-0.05, 0) is 335 Å². The number of hydrogen-bond acceptors (Lipinski definition) is 9. The molecule has 0 fully saturated rings. The van der Waals surface area contributed by atoms with Gasteiger partial charge in [0, 0.05) is 164 Å². The second-order valence-electron chi connectivity index (χ2n) is 37.9. The van der Waals surface area contributed by atoms with E-state index >= 15 is 0 Å². The zero-order valence-electron chi connectivity index (χ0n) is 81.5. The third-order valence-electron chi connectivity index (χ3n) is 27.3. The molecular formula is C132H108N6S3. The molecule has 141 heavy (non-hydrogen) atoms. The minimum Gasteiger partial charge on any atom is -0.311 e. The minimum atomic E-state index is 1.05. The van der Waals surface area contributed by atoms with Crippen LogP contribution in [-0.4, -0.2) is 0 Å². The maximum absolute atomic E-state index is 2.41. The van der Waals surface area contributed by atoms with Gasteiger partial charge in [0.05, 0.1) is 0 Å². The van der Waals surface area contributed by atoms with Gasteiger partial charge < -0.3 is 29.4 Å². The molecule has 0 aliphatic heterocycles. The van der Waals surface area contributed by atoms with Crippen molar-refractivity contribution in [3.05, 3.63) is 504 Å². The number of benzene rings is 19. The number of thiophene rings is 3. The Hall–Kier alpha value is -16.1. The molecule has 0 amide bonds. The molecule has 3 heterocycles. The van der Waals surface area contributed by atoms with E-state index < -0.39 is 0 Å². The summed E-state index contributed by atoms with van der Waals surface area (Å²) in [5.41, 5.74) is 44.1. The SMILES string of the molecule is Cc1ccc(N(c2ccc(C)cc2)c2ccc(-c3sc4c(c3-c3ccc(N(c5ccc(C)cc5)c5ccc(C)cc5)cc3)c3sc(-c5ccc(N(c6ccc(C)cc6)c6ccc(C)cc6)cc5)c(-c5ccc(N(c6ccc(C)cc6)c6ccc(C)cc6)cc5)c3c3sc(-c5ccc(N(c6ccc(C)cc6)c6ccc(C)cc6)cc5)c(-c5ccc(N(c6ccc(C)cc6)c6ccc(C)cc6)cc5)c43)cc2)cc1. The van der Waals surface area contributed by atoms with E-state index in [1.54, 1.807) is 0 Å². The van der Waals surface area contributed by atoms with Crippen molar-refractivity contribution >= 4 is 167 Å². The van der Waals surface area contributed by atoms with E-state index in [0.717, 1.165) is 136 Å². The van der Waals surface area contributed by atoms with Gasteiger partial charge in [0.15, 0.2) is 0 Å². The first-order valence-corrected chi connectivity index (χ1v) is 51.0. The Labute approximate surface area is 840 Å². The summed E-state index contributed by atoms with van der Waals surface area (Å²) in [5, 5.41) is 3.62. The number of nitrogens with zero attached hydrogens (tertiary/aromatic N) is 6. The molecule has 0 saturated heterocycles. The van der Waals surface area contributed by atoms with Crippen molar-refractivity contribution in [2.75, 3.05) is 29.4 Å². The molecule has 0 aliphatic carbocycles. The number of aryl methyl sites for hydroxylation is 12. The van der Waals surface area contributed by atoms with Crippen LogP contribution in [0.1, 0.15) is 66.8 Å². The Morgan fingerprint density at radius 1 is 0.113 bits per heavy atom. The van der Waals surface area contributed by atoms with Crippen molar-refractivity contribution < 1.29 is 0 Å². The average Bonchev–Trinajstić information content (AvgIpc) is 1.52. The van der Waals surface area contributed by atoms with Crippen LogP contribution in [0.2, 0.25) is 0 Å². The third-order valence-corrected chi connectivity index (χ3v) is 31.1. The third kappa shape index (κ3) is 18.0. The van der Waals surface area contributed by atoms with Gasteiger partial charge >= 0.3 is 0 Å². The summed E-state index contributed by atoms with van der Waals surface area (Å²) in [6.45, 7) is 26.0. The molecule has 0 spiro atoms. The van der Waals surface area contributed by atoms with Gasteiger partial charge in [0.2, 0.25) is 0 Å². The van der Waals surface area contributed by atoms with E-state index in [2.05, 4.69) is 549 Å². The quantitative estimate of drug-likeness (QED) is 0.0596. The van der Waals surface area contributed by atoms with Crippen molar-refractivity contribution in [3.63, 3.8) is 0 Å². The molecule has 0 bridgehead atoms. The highest BCUT2D eigenvalue weighted by atomic mass is 32.1. The summed E-state index contributed by atoms with van der Waals surface area (Å²) in [6.07, 6.45) is 0. The van der Waals surface area contributed by atoms with Crippen LogP contribution in [0.5, 0.6) is 0 Å². The summed E-state index contributed by atoms with van der Waals surface area (Å²) in [4.78, 5) is 17.9. The lowest BCUT2D eigenvalue weighted by molar-refractivity contribution is 1.27. The Kier molecular flexibility index (Phi) is 24.5. The molecule has 22 aromatic rings. The molecule has 6 nitrogen and oxygen atoms in total. The van der Waals surface area contributed by atoms with Gasteiger partial charge in [0.1, 0.15) is 0 Å². The smallest absolute Gasteiger partial charge is 0.0463 e. The number of rotatable bonds is 24. The van der Waals surface area contributed by atoms with Gasteiger partial charge in [-0.25, -0.2) is 0 Å². The molecule has 3 aromatic heterocycles. The van der Waals surface area contributed by atoms with E-state index in [9.17, 15) is 0 Å². The van der Waals surface area contributed by atoms with Crippen molar-refractivity contribution in [1.29, 1.82) is 0 Å². The van der Waals surface area contributed by atoms with Gasteiger partial charge in [-0.2, -0.15) is 0 Å². The molecule has 9 heteroatoms. The highest BCUT2D eigenvalue weighted by molar-refractivity contribution is 7.31. The van der Waals surface area contributed by atoms with E-state index in [1.165, 1.54) is 128 Å². The molecule has 0 saturated carbocycles. The lowest BCUT2D eigenvalue weighted by Crippen LogP contribution is -2.10. The molecule has 0 unspecified atom stereocenters. The molecule has 0 atom stereocenters. The molecule has 684 valence electrons. The fourth-order valence-electron chi connectivity index (χ4n) is 19.5. The summed E-state index contributed by atoms with van der Waals surface area (Å²) in [7, 11) is 0. The summed E-state index contributed by atoms with van der Waals surface area (Å²) < 4.78 is 3.64. The number of anilines is 18. The first-order chi connectivity index (χ1) is 68.8. The summed E-state index contributed by atoms with van der Waals surface area (Å²) in [6, 6.07) is 164. The first kappa shape index (κ1) is 90.0. The normalized spacial score (nSPS) is 11.4. The largest absolute Gasteiger partial charge is 0.311 e. The molecule has 0 aliphatic rings. The van der Waals surface area contributed by atoms with Gasteiger partial charge in [-0.3, -0.25) is 0 Å². The Balaban J connectivity index is 0.869. The van der Waals surface area contributed by atoms with Crippen LogP contribution in [0, 0.1) is 83.1 Å². The maximum atomic E-state index is 2.41. The van der Waals surface area contributed by atoms with Gasteiger partial charge in [0.25, 0.3) is 0 Å². The summed E-state index contributed by atoms with van der Waals surface area (Å²) >= 11 is 5.80. The molecule has 19 aromatic carbocycles. The minimum absolute atomic E-state index is 1.05. The van der Waals surface area contributed by atoms with Crippen molar-refractivity contribution in [2.45, 2.75) is 83.1 Å². The second kappa shape index (κ2) is 38.3. The van der Waals surface area contributed by atoms with E-state index in [4.69, 9.17) is 0 Å². The summed E-state index contributed by atoms with van der Waals surface area (Å²) in [5.74, 6) is 0. The highest BCUT2D eigenvalue weighted by Crippen LogP contribution is 2.62. The lowest BCUT2D eigenvalue weighted by Gasteiger charge is -2.26. The zero-order valence-corrected chi connectivity index (χ0v) is 83.9. The van der Waals surface area contributed by atoms with Crippen molar-refractivity contribution in [2.24, 2.45) is 0 Å². The van der Waals surface area contributed by atoms with Gasteiger partial charge in [-0.15, -0.1) is 34.0 Å². The Morgan fingerprint density at radius 3 is 0.312 bits per heavy atom. The van der Waals surface area contributed by atoms with E-state index in [0.29, 0.717) is 0 Å². The fraction of sp³-hybridized carbons (Fsp3) is 0.0909. The predicted molar refractivity (Wildman–Crippen MR) is 610 cm³/mol. The van der Waals surface area contributed by atoms with Crippen LogP contribution < -0.4 is 29.4 Å². The van der Waals surface area contributed by atoms with Crippen LogP contribution in [-0.2, 0) is 0 Å². The standard InChI is InChI=1S/C132H108N6S3/c1-85-13-49-103(50-14-85)133(104-51-15-86(2)16-52-104)115-73-37-97(38-74-115)121-124-130(139-127(121)100-43-79-118(80-44-100)136(109-61-25-91(7)26-62-109)110-63-27-92(8)28-64-110)125-122(98-39-75-116(76-40-98)134(105-53-17-87(3)18-54-105)106-55-19-88(4)20-56-106)129(102-47-83-120(84-48-102)138(113-69-33-95(11)34-70-113)114-71-35-96(12)36-72-114)141-132(125)126-123(99-41-77-117(78-42-99)135(107-57-21-89(5)22-58-107)108-59-23-90(6)24-60-108)128(140-131(124)126)101-45-81-119(82-46-101)137(111-65-29-93(9)30-66-111)112-67-31-94(10)32-68-112/h13-84H,1-12H3. The van der Waals surface area contributed by atoms with Crippen molar-refractivity contribution in [3.8, 4) is 64.7 Å². The molecular weight excluding hydrogens is 1770 g/mol. The van der Waals surface area contributed by atoms with Crippen LogP contribution in [0.15, 0.2) is 437 Å². The number of fused-ring (bicyclic) bond motifs is 6. The highest BCUT2D eigenvalue weighted by Gasteiger charge is 2.33. The van der Waals surface area contributed by atoms with Crippen LogP contribution in [0.3, 0.4) is 0 Å². The molecule has 0 N–H and O–H groups in total. The number of hydrogen-bond donors (Lipinski definition) is 0. The predicted octanol–water partition coefficient (Wildman–Crippen LogP) is 39.9. The fourth-order valence-corrected chi connectivity index (χ4v) is 23.9. The maximum Gasteiger partial charge on any atom is 0.0463 e. The Bertz CT molecular complexity index is 7160. The van der Waals surface area contributed by atoms with Crippen LogP contribution in [0.25, 0.3) is 95.0 Å². The average molecular weight is 1870 g/mol. The molecule has 22 rings (SSSR count). The van der Waals surface area contributed by atoms with Gasteiger partial charge in [-0.1, -0.05) is 285 Å². The topological polar surface area (TPSA) is 19.4 Å². The first-order valence-electron chi connectivity index (χ1n) is 48.5. The van der Waals surface area contributed by atoms with Crippen molar-refractivity contribution in [1.82, 2.24) is 0 Å². The Morgan fingerprint density at radius 2 is 0.206 bits per heavy atom. The monoisotopic (exact) mass is 1870 g/mol. The van der Waals surface area contributed by atoms with E-state index in [-0.39, 0.29) is 0 Å². The van der Waals surface area contributed by atoms with E-state index in [1.807, 2.05) is 34.0 Å². The van der Waals surface area contributed by atoms with Crippen LogP contribution in [0.4, 0.5) is 102 Å². The lowest BCUT2D eigenvalue weighted by atomic mass is 9.91. The second-order valence-corrected chi connectivity index (χ2v) is 40.9. The molecule has 0 radical (unpaired) electrons. The zero-order chi connectivity index (χ0) is 96.2.